The minimum Gasteiger partial charge on any atom is -0.497 e. The molecule has 0 aliphatic carbocycles. The molecule has 7 nitrogen and oxygen atoms in total. The maximum absolute atomic E-state index is 12.4. The number of nitrogens with one attached hydrogen (secondary N) is 2. The van der Waals surface area contributed by atoms with Crippen molar-refractivity contribution >= 4 is 23.2 Å². The zero-order valence-corrected chi connectivity index (χ0v) is 19.1. The van der Waals surface area contributed by atoms with Crippen LogP contribution in [0, 0.1) is 0 Å². The first-order valence-corrected chi connectivity index (χ1v) is 10.9. The van der Waals surface area contributed by atoms with Crippen molar-refractivity contribution in [3.63, 3.8) is 0 Å². The van der Waals surface area contributed by atoms with Crippen LogP contribution in [0.1, 0.15) is 10.4 Å². The lowest BCUT2D eigenvalue weighted by Gasteiger charge is -2.10. The monoisotopic (exact) mass is 468 g/mol. The molecular weight excluding hydrogens is 444 g/mol. The highest BCUT2D eigenvalue weighted by molar-refractivity contribution is 6.04. The first kappa shape index (κ1) is 23.4. The second-order valence-electron chi connectivity index (χ2n) is 7.49. The predicted molar refractivity (Wildman–Crippen MR) is 134 cm³/mol. The van der Waals surface area contributed by atoms with Crippen LogP contribution in [0.3, 0.4) is 0 Å². The summed E-state index contributed by atoms with van der Waals surface area (Å²) in [5, 5.41) is 5.63. The highest BCUT2D eigenvalue weighted by Crippen LogP contribution is 2.25. The summed E-state index contributed by atoms with van der Waals surface area (Å²) in [4.78, 5) is 24.5. The van der Waals surface area contributed by atoms with Gasteiger partial charge in [0.25, 0.3) is 11.8 Å². The third kappa shape index (κ3) is 6.85. The zero-order chi connectivity index (χ0) is 24.5. The molecule has 0 fully saturated rings. The molecule has 0 unspecified atom stereocenters. The van der Waals surface area contributed by atoms with Gasteiger partial charge in [-0.05, 0) is 78.9 Å². The molecule has 35 heavy (non-hydrogen) atoms. The van der Waals surface area contributed by atoms with Crippen LogP contribution in [0.15, 0.2) is 103 Å². The van der Waals surface area contributed by atoms with E-state index < -0.39 is 0 Å². The Morgan fingerprint density at radius 3 is 1.89 bits per heavy atom. The van der Waals surface area contributed by atoms with Gasteiger partial charge in [-0.25, -0.2) is 0 Å². The number of anilines is 2. The lowest BCUT2D eigenvalue weighted by Crippen LogP contribution is -2.20. The van der Waals surface area contributed by atoms with Crippen LogP contribution in [-0.4, -0.2) is 25.5 Å². The maximum atomic E-state index is 12.4. The number of carbonyl (C=O) groups is 2. The number of carbonyl (C=O) groups excluding carboxylic acids is 2. The third-order valence-corrected chi connectivity index (χ3v) is 4.93. The molecule has 4 rings (SSSR count). The second-order valence-corrected chi connectivity index (χ2v) is 7.49. The minimum absolute atomic E-state index is 0.0804. The number of hydrogen-bond acceptors (Lipinski definition) is 5. The quantitative estimate of drug-likeness (QED) is 0.326. The molecule has 0 heterocycles. The Bertz CT molecular complexity index is 1270. The van der Waals surface area contributed by atoms with Gasteiger partial charge in [0.05, 0.1) is 7.11 Å². The van der Waals surface area contributed by atoms with Gasteiger partial charge in [-0.3, -0.25) is 9.59 Å². The SMILES string of the molecule is COc1cccc(C(=O)Nc2ccc(Oc3ccc(NC(=O)COc4ccccc4)cc3)cc2)c1. The van der Waals surface area contributed by atoms with E-state index in [1.54, 1.807) is 92.0 Å². The number of rotatable bonds is 9. The van der Waals surface area contributed by atoms with Crippen molar-refractivity contribution in [1.29, 1.82) is 0 Å². The Hall–Kier alpha value is -4.78. The third-order valence-electron chi connectivity index (χ3n) is 4.93. The highest BCUT2D eigenvalue weighted by atomic mass is 16.5. The topological polar surface area (TPSA) is 85.9 Å². The van der Waals surface area contributed by atoms with Crippen LogP contribution in [0.5, 0.6) is 23.0 Å². The molecular formula is C28H24N2O5. The van der Waals surface area contributed by atoms with E-state index in [1.807, 2.05) is 18.2 Å². The van der Waals surface area contributed by atoms with Crippen molar-refractivity contribution in [3.05, 3.63) is 109 Å². The molecule has 7 heteroatoms. The van der Waals surface area contributed by atoms with Gasteiger partial charge in [0.2, 0.25) is 0 Å². The lowest BCUT2D eigenvalue weighted by molar-refractivity contribution is -0.118. The fourth-order valence-electron chi connectivity index (χ4n) is 3.18. The van der Waals surface area contributed by atoms with Crippen molar-refractivity contribution < 1.29 is 23.8 Å². The van der Waals surface area contributed by atoms with Crippen LogP contribution >= 0.6 is 0 Å². The van der Waals surface area contributed by atoms with E-state index in [-0.39, 0.29) is 18.4 Å². The molecule has 0 aromatic heterocycles. The van der Waals surface area contributed by atoms with Gasteiger partial charge < -0.3 is 24.8 Å². The normalized spacial score (nSPS) is 10.2. The molecule has 0 saturated heterocycles. The van der Waals surface area contributed by atoms with Crippen molar-refractivity contribution in [2.24, 2.45) is 0 Å². The Morgan fingerprint density at radius 2 is 1.26 bits per heavy atom. The summed E-state index contributed by atoms with van der Waals surface area (Å²) >= 11 is 0. The number of ether oxygens (including phenoxy) is 3. The first-order valence-electron chi connectivity index (χ1n) is 10.9. The van der Waals surface area contributed by atoms with Gasteiger partial charge >= 0.3 is 0 Å². The largest absolute Gasteiger partial charge is 0.497 e. The predicted octanol–water partition coefficient (Wildman–Crippen LogP) is 5.76. The second kappa shape index (κ2) is 11.4. The summed E-state index contributed by atoms with van der Waals surface area (Å²) in [5.74, 6) is 1.98. The van der Waals surface area contributed by atoms with Gasteiger partial charge in [-0.2, -0.15) is 0 Å². The number of amides is 2. The lowest BCUT2D eigenvalue weighted by atomic mass is 10.2. The Balaban J connectivity index is 1.27. The number of benzene rings is 4. The molecule has 0 radical (unpaired) electrons. The molecule has 0 spiro atoms. The maximum Gasteiger partial charge on any atom is 0.262 e. The molecule has 0 atom stereocenters. The molecule has 4 aromatic rings. The molecule has 2 N–H and O–H groups in total. The fraction of sp³-hybridized carbons (Fsp3) is 0.0714. The highest BCUT2D eigenvalue weighted by Gasteiger charge is 2.08. The van der Waals surface area contributed by atoms with Gasteiger partial charge in [0, 0.05) is 16.9 Å². The summed E-state index contributed by atoms with van der Waals surface area (Å²) in [6.07, 6.45) is 0. The number of hydrogen-bond donors (Lipinski definition) is 2. The summed E-state index contributed by atoms with van der Waals surface area (Å²) < 4.78 is 16.5. The molecule has 0 bridgehead atoms. The van der Waals surface area contributed by atoms with Gasteiger partial charge in [0.15, 0.2) is 6.61 Å². The summed E-state index contributed by atoms with van der Waals surface area (Å²) in [7, 11) is 1.56. The van der Waals surface area contributed by atoms with Crippen LogP contribution < -0.4 is 24.8 Å². The van der Waals surface area contributed by atoms with Gasteiger partial charge in [-0.1, -0.05) is 24.3 Å². The van der Waals surface area contributed by atoms with Crippen molar-refractivity contribution in [1.82, 2.24) is 0 Å². The number of methoxy groups -OCH3 is 1. The molecule has 0 aliphatic rings. The average Bonchev–Trinajstić information content (AvgIpc) is 2.90. The van der Waals surface area contributed by atoms with Crippen LogP contribution in [-0.2, 0) is 4.79 Å². The molecule has 0 aliphatic heterocycles. The minimum atomic E-state index is -0.255. The standard InChI is InChI=1S/C28H24N2O5/c1-33-26-9-5-6-20(18-26)28(32)30-22-12-16-25(17-13-22)35-24-14-10-21(11-15-24)29-27(31)19-34-23-7-3-2-4-8-23/h2-18H,19H2,1H3,(H,29,31)(H,30,32). The van der Waals surface area contributed by atoms with E-state index in [2.05, 4.69) is 10.6 Å². The van der Waals surface area contributed by atoms with E-state index in [9.17, 15) is 9.59 Å². The van der Waals surface area contributed by atoms with Crippen molar-refractivity contribution in [2.75, 3.05) is 24.4 Å². The molecule has 176 valence electrons. The summed E-state index contributed by atoms with van der Waals surface area (Å²) in [5.41, 5.74) is 1.78. The molecule has 4 aromatic carbocycles. The average molecular weight is 469 g/mol. The Labute approximate surface area is 203 Å². The van der Waals surface area contributed by atoms with Crippen molar-refractivity contribution in [2.45, 2.75) is 0 Å². The van der Waals surface area contributed by atoms with E-state index in [1.165, 1.54) is 0 Å². The molecule has 0 saturated carbocycles. The fourth-order valence-corrected chi connectivity index (χ4v) is 3.18. The van der Waals surface area contributed by atoms with Crippen LogP contribution in [0.25, 0.3) is 0 Å². The zero-order valence-electron chi connectivity index (χ0n) is 19.1. The summed E-state index contributed by atoms with van der Waals surface area (Å²) in [6, 6.07) is 30.1. The smallest absolute Gasteiger partial charge is 0.262 e. The van der Waals surface area contributed by atoms with Crippen LogP contribution in [0.2, 0.25) is 0 Å². The van der Waals surface area contributed by atoms with E-state index in [0.717, 1.165) is 0 Å². The van der Waals surface area contributed by atoms with Gasteiger partial charge in [0.1, 0.15) is 23.0 Å². The summed E-state index contributed by atoms with van der Waals surface area (Å²) in [6.45, 7) is -0.0804. The Morgan fingerprint density at radius 1 is 0.657 bits per heavy atom. The van der Waals surface area contributed by atoms with Crippen LogP contribution in [0.4, 0.5) is 11.4 Å². The first-order chi connectivity index (χ1) is 17.1. The number of para-hydroxylation sites is 1. The Kier molecular flexibility index (Phi) is 7.60. The molecule has 2 amide bonds. The van der Waals surface area contributed by atoms with E-state index in [0.29, 0.717) is 39.9 Å². The van der Waals surface area contributed by atoms with E-state index in [4.69, 9.17) is 14.2 Å². The van der Waals surface area contributed by atoms with Crippen molar-refractivity contribution in [3.8, 4) is 23.0 Å². The van der Waals surface area contributed by atoms with E-state index >= 15 is 0 Å². The van der Waals surface area contributed by atoms with Gasteiger partial charge in [-0.15, -0.1) is 0 Å².